The second-order valence-corrected chi connectivity index (χ2v) is 5.27. The van der Waals surface area contributed by atoms with Crippen LogP contribution in [0.3, 0.4) is 0 Å². The van der Waals surface area contributed by atoms with Crippen molar-refractivity contribution in [2.45, 2.75) is 13.0 Å². The minimum atomic E-state index is 0.111. The molecule has 1 aliphatic heterocycles. The Morgan fingerprint density at radius 3 is 2.76 bits per heavy atom. The van der Waals surface area contributed by atoms with Crippen LogP contribution in [-0.2, 0) is 16.1 Å². The maximum atomic E-state index is 11.8. The Kier molecular flexibility index (Phi) is 7.21. The minimum absolute atomic E-state index is 0.111. The zero-order chi connectivity index (χ0) is 14.8. The summed E-state index contributed by atoms with van der Waals surface area (Å²) in [6.07, 6.45) is 0.847. The zero-order valence-electron chi connectivity index (χ0n) is 12.5. The summed E-state index contributed by atoms with van der Waals surface area (Å²) < 4.78 is 5.58. The molecule has 0 radical (unpaired) electrons. The lowest BCUT2D eigenvalue weighted by atomic mass is 10.2. The molecule has 0 saturated carbocycles. The topological polar surface area (TPSA) is 53.6 Å². The molecule has 5 nitrogen and oxygen atoms in total. The van der Waals surface area contributed by atoms with Gasteiger partial charge in [0.1, 0.15) is 0 Å². The first-order valence-electron chi connectivity index (χ1n) is 7.66. The molecule has 1 saturated heterocycles. The normalized spacial score (nSPS) is 15.8. The van der Waals surface area contributed by atoms with E-state index in [2.05, 4.69) is 27.7 Å². The summed E-state index contributed by atoms with van der Waals surface area (Å²) in [5, 5.41) is 6.23. The molecule has 2 rings (SSSR count). The summed E-state index contributed by atoms with van der Waals surface area (Å²) in [4.78, 5) is 13.9. The van der Waals surface area contributed by atoms with Gasteiger partial charge in [0.2, 0.25) is 5.91 Å². The second kappa shape index (κ2) is 9.50. The van der Waals surface area contributed by atoms with E-state index in [4.69, 9.17) is 4.74 Å². The van der Waals surface area contributed by atoms with Crippen LogP contribution in [0.25, 0.3) is 0 Å². The third kappa shape index (κ3) is 6.71. The molecule has 0 atom stereocenters. The summed E-state index contributed by atoms with van der Waals surface area (Å²) in [6, 6.07) is 10.1. The number of carbonyl (C=O) groups is 1. The Labute approximate surface area is 126 Å². The highest BCUT2D eigenvalue weighted by Crippen LogP contribution is 2.00. The van der Waals surface area contributed by atoms with Gasteiger partial charge in [-0.3, -0.25) is 9.69 Å². The molecule has 21 heavy (non-hydrogen) atoms. The van der Waals surface area contributed by atoms with Gasteiger partial charge in [0, 0.05) is 39.3 Å². The van der Waals surface area contributed by atoms with E-state index in [9.17, 15) is 4.79 Å². The molecule has 1 aliphatic rings. The molecular weight excluding hydrogens is 266 g/mol. The molecule has 116 valence electrons. The van der Waals surface area contributed by atoms with E-state index in [0.717, 1.165) is 32.6 Å². The number of rotatable bonds is 8. The number of nitrogens with zero attached hydrogens (tertiary/aromatic N) is 1. The highest BCUT2D eigenvalue weighted by atomic mass is 16.5. The molecule has 0 unspecified atom stereocenters. The number of hydrogen-bond acceptors (Lipinski definition) is 4. The first-order valence-corrected chi connectivity index (χ1v) is 7.66. The van der Waals surface area contributed by atoms with Gasteiger partial charge in [-0.15, -0.1) is 0 Å². The fourth-order valence-corrected chi connectivity index (χ4v) is 2.29. The summed E-state index contributed by atoms with van der Waals surface area (Å²) in [6.45, 7) is 6.34. The van der Waals surface area contributed by atoms with E-state index < -0.39 is 0 Å². The molecule has 5 heteroatoms. The van der Waals surface area contributed by atoms with Crippen molar-refractivity contribution in [2.75, 3.05) is 45.9 Å². The van der Waals surface area contributed by atoms with Crippen molar-refractivity contribution < 1.29 is 9.53 Å². The molecular formula is C16H25N3O2. The summed E-state index contributed by atoms with van der Waals surface area (Å²) >= 11 is 0. The summed E-state index contributed by atoms with van der Waals surface area (Å²) in [7, 11) is 0. The van der Waals surface area contributed by atoms with E-state index in [1.54, 1.807) is 0 Å². The molecule has 1 aromatic rings. The maximum absolute atomic E-state index is 11.8. The van der Waals surface area contributed by atoms with Crippen molar-refractivity contribution in [3.05, 3.63) is 35.9 Å². The standard InChI is InChI=1S/C16H25N3O2/c20-16(13-19-10-8-17-9-11-19)18-7-4-12-21-14-15-5-2-1-3-6-15/h1-3,5-6,17H,4,7-14H2,(H,18,20). The molecule has 0 bridgehead atoms. The van der Waals surface area contributed by atoms with Gasteiger partial charge in [-0.2, -0.15) is 0 Å². The van der Waals surface area contributed by atoms with Crippen LogP contribution in [0.4, 0.5) is 0 Å². The highest BCUT2D eigenvalue weighted by molar-refractivity contribution is 5.77. The first kappa shape index (κ1) is 15.9. The number of piperazine rings is 1. The number of benzene rings is 1. The third-order valence-electron chi connectivity index (χ3n) is 3.48. The van der Waals surface area contributed by atoms with Crippen molar-refractivity contribution in [1.82, 2.24) is 15.5 Å². The van der Waals surface area contributed by atoms with Gasteiger partial charge in [-0.25, -0.2) is 0 Å². The molecule has 0 spiro atoms. The average molecular weight is 291 g/mol. The van der Waals surface area contributed by atoms with E-state index in [1.807, 2.05) is 18.2 Å². The lowest BCUT2D eigenvalue weighted by molar-refractivity contribution is -0.122. The summed E-state index contributed by atoms with van der Waals surface area (Å²) in [5.74, 6) is 0.111. The van der Waals surface area contributed by atoms with Crippen molar-refractivity contribution in [2.24, 2.45) is 0 Å². The smallest absolute Gasteiger partial charge is 0.234 e. The Bertz CT molecular complexity index is 405. The van der Waals surface area contributed by atoms with Gasteiger partial charge in [0.15, 0.2) is 0 Å². The van der Waals surface area contributed by atoms with Crippen LogP contribution in [0, 0.1) is 0 Å². The van der Waals surface area contributed by atoms with E-state index >= 15 is 0 Å². The molecule has 1 amide bonds. The van der Waals surface area contributed by atoms with Crippen LogP contribution in [0.15, 0.2) is 30.3 Å². The number of amides is 1. The summed E-state index contributed by atoms with van der Waals surface area (Å²) in [5.41, 5.74) is 1.18. The van der Waals surface area contributed by atoms with E-state index in [1.165, 1.54) is 5.56 Å². The lowest BCUT2D eigenvalue weighted by Crippen LogP contribution is -2.47. The van der Waals surface area contributed by atoms with E-state index in [-0.39, 0.29) is 5.91 Å². The van der Waals surface area contributed by atoms with Crippen molar-refractivity contribution >= 4 is 5.91 Å². The largest absolute Gasteiger partial charge is 0.377 e. The third-order valence-corrected chi connectivity index (χ3v) is 3.48. The molecule has 1 aromatic carbocycles. The second-order valence-electron chi connectivity index (χ2n) is 5.27. The molecule has 1 fully saturated rings. The van der Waals surface area contributed by atoms with Crippen LogP contribution in [0.1, 0.15) is 12.0 Å². The Morgan fingerprint density at radius 1 is 1.24 bits per heavy atom. The van der Waals surface area contributed by atoms with Gasteiger partial charge in [-0.1, -0.05) is 30.3 Å². The van der Waals surface area contributed by atoms with Crippen LogP contribution < -0.4 is 10.6 Å². The average Bonchev–Trinajstić information content (AvgIpc) is 2.53. The van der Waals surface area contributed by atoms with Crippen LogP contribution in [-0.4, -0.2) is 56.7 Å². The molecule has 0 aromatic heterocycles. The SMILES string of the molecule is O=C(CN1CCNCC1)NCCCOCc1ccccc1. The Balaban J connectivity index is 1.46. The van der Waals surface area contributed by atoms with Crippen molar-refractivity contribution in [3.8, 4) is 0 Å². The van der Waals surface area contributed by atoms with Gasteiger partial charge in [0.25, 0.3) is 0 Å². The molecule has 2 N–H and O–H groups in total. The van der Waals surface area contributed by atoms with Crippen LogP contribution in [0.5, 0.6) is 0 Å². The molecule has 0 aliphatic carbocycles. The lowest BCUT2D eigenvalue weighted by Gasteiger charge is -2.26. The number of nitrogens with one attached hydrogen (secondary N) is 2. The fraction of sp³-hybridized carbons (Fsp3) is 0.562. The van der Waals surface area contributed by atoms with Gasteiger partial charge < -0.3 is 15.4 Å². The molecule has 1 heterocycles. The van der Waals surface area contributed by atoms with Gasteiger partial charge >= 0.3 is 0 Å². The zero-order valence-corrected chi connectivity index (χ0v) is 12.5. The van der Waals surface area contributed by atoms with Crippen molar-refractivity contribution in [1.29, 1.82) is 0 Å². The minimum Gasteiger partial charge on any atom is -0.377 e. The first-order chi connectivity index (χ1) is 10.3. The predicted molar refractivity (Wildman–Crippen MR) is 83.0 cm³/mol. The van der Waals surface area contributed by atoms with Crippen LogP contribution >= 0.6 is 0 Å². The van der Waals surface area contributed by atoms with Crippen LogP contribution in [0.2, 0.25) is 0 Å². The quantitative estimate of drug-likeness (QED) is 0.689. The number of carbonyl (C=O) groups excluding carboxylic acids is 1. The Hall–Kier alpha value is -1.43. The van der Waals surface area contributed by atoms with E-state index in [0.29, 0.717) is 26.3 Å². The fourth-order valence-electron chi connectivity index (χ4n) is 2.29. The highest BCUT2D eigenvalue weighted by Gasteiger charge is 2.12. The predicted octanol–water partition coefficient (Wildman–Crippen LogP) is 0.615. The number of hydrogen-bond donors (Lipinski definition) is 2. The monoisotopic (exact) mass is 291 g/mol. The number of ether oxygens (including phenoxy) is 1. The maximum Gasteiger partial charge on any atom is 0.234 e. The van der Waals surface area contributed by atoms with Gasteiger partial charge in [-0.05, 0) is 12.0 Å². The van der Waals surface area contributed by atoms with Gasteiger partial charge in [0.05, 0.1) is 13.2 Å². The Morgan fingerprint density at radius 2 is 2.00 bits per heavy atom. The van der Waals surface area contributed by atoms with Crippen molar-refractivity contribution in [3.63, 3.8) is 0 Å².